The van der Waals surface area contributed by atoms with Crippen molar-refractivity contribution in [1.82, 2.24) is 10.2 Å². The predicted octanol–water partition coefficient (Wildman–Crippen LogP) is 4.52. The minimum atomic E-state index is -1.21. The van der Waals surface area contributed by atoms with Crippen molar-refractivity contribution in [1.29, 1.82) is 0 Å². The largest absolute Gasteiger partial charge is 0.350 e. The molecule has 3 rings (SSSR count). The molecule has 0 radical (unpaired) electrons. The molecule has 28 heavy (non-hydrogen) atoms. The van der Waals surface area contributed by atoms with Crippen LogP contribution in [0.25, 0.3) is 0 Å². The number of hydrogen-bond acceptors (Lipinski definition) is 3. The van der Waals surface area contributed by atoms with Gasteiger partial charge in [-0.3, -0.25) is 4.79 Å². The molecule has 0 saturated carbocycles. The van der Waals surface area contributed by atoms with Crippen molar-refractivity contribution in [2.75, 3.05) is 25.0 Å². The predicted molar refractivity (Wildman–Crippen MR) is 111 cm³/mol. The molecule has 1 saturated heterocycles. The topological polar surface area (TPSA) is 44.4 Å². The smallest absolute Gasteiger partial charge is 0.256 e. The zero-order chi connectivity index (χ0) is 20.4. The van der Waals surface area contributed by atoms with Crippen LogP contribution < -0.4 is 10.6 Å². The summed E-state index contributed by atoms with van der Waals surface area (Å²) in [5.41, 5.74) is -0.400. The molecule has 0 aliphatic carbocycles. The summed E-state index contributed by atoms with van der Waals surface area (Å²) in [6.07, 6.45) is 0. The Hall–Kier alpha value is -1.81. The van der Waals surface area contributed by atoms with E-state index in [0.29, 0.717) is 28.6 Å². The fourth-order valence-electron chi connectivity index (χ4n) is 3.01. The lowest BCUT2D eigenvalue weighted by molar-refractivity contribution is 0.0498. The zero-order valence-corrected chi connectivity index (χ0v) is 17.7. The lowest BCUT2D eigenvalue weighted by Gasteiger charge is -2.40. The third kappa shape index (κ3) is 4.60. The van der Waals surface area contributed by atoms with Crippen molar-refractivity contribution in [3.8, 4) is 0 Å². The summed E-state index contributed by atoms with van der Waals surface area (Å²) in [6.45, 7) is 5.96. The standard InChI is InChI=1S/C20H21F3IN3O/c1-11(2)25-8-12-9-27(10-12)20(28)14-4-5-15(21)18(23)19(14)26-17-6-3-13(24)7-16(17)22/h3-7,11-12,25-26H,8-10H2,1-2H3. The van der Waals surface area contributed by atoms with E-state index < -0.39 is 23.4 Å². The number of benzene rings is 2. The van der Waals surface area contributed by atoms with E-state index in [1.54, 1.807) is 11.0 Å². The Morgan fingerprint density at radius 1 is 1.18 bits per heavy atom. The van der Waals surface area contributed by atoms with Crippen molar-refractivity contribution >= 4 is 39.9 Å². The minimum absolute atomic E-state index is 0.0212. The first-order chi connectivity index (χ1) is 13.3. The van der Waals surface area contributed by atoms with Crippen LogP contribution in [-0.4, -0.2) is 36.5 Å². The van der Waals surface area contributed by atoms with Gasteiger partial charge in [-0.1, -0.05) is 13.8 Å². The number of hydrogen-bond donors (Lipinski definition) is 2. The second kappa shape index (κ2) is 8.69. The highest BCUT2D eigenvalue weighted by Crippen LogP contribution is 2.30. The summed E-state index contributed by atoms with van der Waals surface area (Å²) in [5.74, 6) is -3.01. The van der Waals surface area contributed by atoms with Gasteiger partial charge in [0.2, 0.25) is 0 Å². The Balaban J connectivity index is 1.80. The molecule has 150 valence electrons. The first kappa shape index (κ1) is 20.9. The van der Waals surface area contributed by atoms with Crippen molar-refractivity contribution in [2.45, 2.75) is 19.9 Å². The van der Waals surface area contributed by atoms with Gasteiger partial charge in [0, 0.05) is 35.2 Å². The van der Waals surface area contributed by atoms with Crippen molar-refractivity contribution in [2.24, 2.45) is 5.92 Å². The van der Waals surface area contributed by atoms with E-state index in [9.17, 15) is 18.0 Å². The lowest BCUT2D eigenvalue weighted by Crippen LogP contribution is -2.53. The van der Waals surface area contributed by atoms with E-state index in [1.807, 2.05) is 36.4 Å². The number of nitrogens with one attached hydrogen (secondary N) is 2. The van der Waals surface area contributed by atoms with Crippen LogP contribution in [0.4, 0.5) is 24.5 Å². The van der Waals surface area contributed by atoms with Crippen LogP contribution in [0.2, 0.25) is 0 Å². The Bertz CT molecular complexity index is 885. The number of halogens is 4. The van der Waals surface area contributed by atoms with E-state index in [0.717, 1.165) is 12.6 Å². The zero-order valence-electron chi connectivity index (χ0n) is 15.5. The first-order valence-corrected chi connectivity index (χ1v) is 10.1. The minimum Gasteiger partial charge on any atom is -0.350 e. The summed E-state index contributed by atoms with van der Waals surface area (Å²) >= 11 is 1.95. The van der Waals surface area contributed by atoms with Gasteiger partial charge in [0.25, 0.3) is 5.91 Å². The Morgan fingerprint density at radius 2 is 1.89 bits per heavy atom. The maximum atomic E-state index is 14.4. The molecule has 2 N–H and O–H groups in total. The summed E-state index contributed by atoms with van der Waals surface area (Å²) in [4.78, 5) is 14.4. The maximum absolute atomic E-state index is 14.4. The Morgan fingerprint density at radius 3 is 2.54 bits per heavy atom. The van der Waals surface area contributed by atoms with Gasteiger partial charge in [0.05, 0.1) is 16.9 Å². The summed E-state index contributed by atoms with van der Waals surface area (Å²) in [5, 5.41) is 5.88. The van der Waals surface area contributed by atoms with Crippen LogP contribution in [0.5, 0.6) is 0 Å². The molecule has 1 aliphatic heterocycles. The molecule has 1 aliphatic rings. The van der Waals surface area contributed by atoms with Gasteiger partial charge < -0.3 is 15.5 Å². The van der Waals surface area contributed by atoms with Crippen LogP contribution in [0, 0.1) is 26.9 Å². The molecular formula is C20H21F3IN3O. The van der Waals surface area contributed by atoms with Gasteiger partial charge in [0.1, 0.15) is 5.82 Å². The average molecular weight is 503 g/mol. The van der Waals surface area contributed by atoms with Crippen LogP contribution in [0.1, 0.15) is 24.2 Å². The van der Waals surface area contributed by atoms with Gasteiger partial charge in [-0.2, -0.15) is 0 Å². The molecule has 2 aromatic rings. The second-order valence-corrected chi connectivity index (χ2v) is 8.42. The van der Waals surface area contributed by atoms with Crippen LogP contribution in [0.15, 0.2) is 30.3 Å². The highest BCUT2D eigenvalue weighted by Gasteiger charge is 2.33. The third-order valence-corrected chi connectivity index (χ3v) is 5.25. The molecule has 4 nitrogen and oxygen atoms in total. The van der Waals surface area contributed by atoms with Gasteiger partial charge in [-0.05, 0) is 52.9 Å². The molecular weight excluding hydrogens is 482 g/mol. The fraction of sp³-hybridized carbons (Fsp3) is 0.350. The van der Waals surface area contributed by atoms with Crippen molar-refractivity contribution in [3.05, 3.63) is 56.9 Å². The normalized spacial score (nSPS) is 14.3. The second-order valence-electron chi connectivity index (χ2n) is 7.17. The molecule has 1 amide bonds. The van der Waals surface area contributed by atoms with Gasteiger partial charge >= 0.3 is 0 Å². The molecule has 0 unspecified atom stereocenters. The maximum Gasteiger partial charge on any atom is 0.256 e. The molecule has 2 aromatic carbocycles. The quantitative estimate of drug-likeness (QED) is 0.570. The summed E-state index contributed by atoms with van der Waals surface area (Å²) in [6, 6.07) is 6.82. The number of likely N-dealkylation sites (tertiary alicyclic amines) is 1. The number of carbonyl (C=O) groups excluding carboxylic acids is 1. The highest BCUT2D eigenvalue weighted by molar-refractivity contribution is 14.1. The van der Waals surface area contributed by atoms with Gasteiger partial charge in [-0.15, -0.1) is 0 Å². The van der Waals surface area contributed by atoms with Crippen molar-refractivity contribution < 1.29 is 18.0 Å². The number of rotatable bonds is 6. The third-order valence-electron chi connectivity index (χ3n) is 4.58. The lowest BCUT2D eigenvalue weighted by atomic mass is 9.98. The first-order valence-electron chi connectivity index (χ1n) is 8.99. The van der Waals surface area contributed by atoms with Crippen LogP contribution in [0.3, 0.4) is 0 Å². The molecule has 0 spiro atoms. The van der Waals surface area contributed by atoms with E-state index in [4.69, 9.17) is 0 Å². The number of amides is 1. The average Bonchev–Trinajstić information content (AvgIpc) is 2.59. The molecule has 1 heterocycles. The number of nitrogens with zero attached hydrogens (tertiary/aromatic N) is 1. The van der Waals surface area contributed by atoms with E-state index in [-0.39, 0.29) is 16.9 Å². The highest BCUT2D eigenvalue weighted by atomic mass is 127. The summed E-state index contributed by atoms with van der Waals surface area (Å²) in [7, 11) is 0. The van der Waals surface area contributed by atoms with E-state index in [2.05, 4.69) is 10.6 Å². The molecule has 8 heteroatoms. The van der Waals surface area contributed by atoms with Crippen LogP contribution in [-0.2, 0) is 0 Å². The SMILES string of the molecule is CC(C)NCC1CN(C(=O)c2ccc(F)c(F)c2Nc2ccc(I)cc2F)C1. The van der Waals surface area contributed by atoms with Gasteiger partial charge in [0.15, 0.2) is 11.6 Å². The number of carbonyl (C=O) groups is 1. The number of anilines is 2. The van der Waals surface area contributed by atoms with E-state index >= 15 is 0 Å². The Kier molecular flexibility index (Phi) is 6.49. The van der Waals surface area contributed by atoms with E-state index in [1.165, 1.54) is 18.2 Å². The molecule has 0 aromatic heterocycles. The monoisotopic (exact) mass is 503 g/mol. The molecule has 0 bridgehead atoms. The summed E-state index contributed by atoms with van der Waals surface area (Å²) < 4.78 is 43.0. The molecule has 1 fully saturated rings. The van der Waals surface area contributed by atoms with Gasteiger partial charge in [-0.25, -0.2) is 13.2 Å². The molecule has 0 atom stereocenters. The van der Waals surface area contributed by atoms with Crippen LogP contribution >= 0.6 is 22.6 Å². The van der Waals surface area contributed by atoms with Crippen molar-refractivity contribution in [3.63, 3.8) is 0 Å². The Labute approximate surface area is 175 Å². The fourth-order valence-corrected chi connectivity index (χ4v) is 3.47.